The maximum Gasteiger partial charge on any atom is 0.251 e. The lowest BCUT2D eigenvalue weighted by Crippen LogP contribution is -2.22. The summed E-state index contributed by atoms with van der Waals surface area (Å²) in [5.41, 5.74) is 1.76. The van der Waals surface area contributed by atoms with Crippen LogP contribution in [-0.2, 0) is 6.54 Å². The predicted octanol–water partition coefficient (Wildman–Crippen LogP) is 3.39. The lowest BCUT2D eigenvalue weighted by atomic mass is 10.2. The number of methoxy groups -OCH3 is 1. The van der Waals surface area contributed by atoms with Gasteiger partial charge in [-0.1, -0.05) is 0 Å². The summed E-state index contributed by atoms with van der Waals surface area (Å²) in [4.78, 5) is 13.4. The zero-order valence-electron chi connectivity index (χ0n) is 12.4. The topological polar surface area (TPSA) is 47.6 Å². The van der Waals surface area contributed by atoms with Crippen molar-refractivity contribution in [1.82, 2.24) is 5.32 Å². The molecule has 1 amide bonds. The Bertz CT molecular complexity index is 622. The van der Waals surface area contributed by atoms with Gasteiger partial charge in [0.2, 0.25) is 0 Å². The highest BCUT2D eigenvalue weighted by Gasteiger charge is 2.11. The van der Waals surface area contributed by atoms with Crippen molar-refractivity contribution in [3.05, 3.63) is 45.6 Å². The number of nitrogens with one attached hydrogen (secondary N) is 1. The number of carbonyl (C=O) groups excluding carboxylic acids is 1. The number of thiophene rings is 1. The zero-order chi connectivity index (χ0) is 15.2. The monoisotopic (exact) mass is 305 g/mol. The van der Waals surface area contributed by atoms with Crippen LogP contribution in [0.3, 0.4) is 0 Å². The number of benzene rings is 1. The first-order valence-electron chi connectivity index (χ1n) is 6.77. The van der Waals surface area contributed by atoms with Gasteiger partial charge in [0.05, 0.1) is 20.3 Å². The first-order chi connectivity index (χ1) is 10.2. The Labute approximate surface area is 128 Å². The molecule has 1 heterocycles. The number of hydrogen-bond donors (Lipinski definition) is 1. The van der Waals surface area contributed by atoms with E-state index in [1.54, 1.807) is 36.6 Å². The number of ether oxygens (including phenoxy) is 2. The molecule has 0 aliphatic heterocycles. The smallest absolute Gasteiger partial charge is 0.251 e. The molecule has 112 valence electrons. The van der Waals surface area contributed by atoms with E-state index in [-0.39, 0.29) is 5.91 Å². The van der Waals surface area contributed by atoms with Crippen LogP contribution in [0.25, 0.3) is 0 Å². The second kappa shape index (κ2) is 7.13. The van der Waals surface area contributed by atoms with Crippen molar-refractivity contribution in [1.29, 1.82) is 0 Å². The van der Waals surface area contributed by atoms with Crippen LogP contribution in [0.1, 0.15) is 27.7 Å². The van der Waals surface area contributed by atoms with Crippen molar-refractivity contribution in [2.24, 2.45) is 0 Å². The molecule has 0 atom stereocenters. The molecule has 0 unspecified atom stereocenters. The highest BCUT2D eigenvalue weighted by Crippen LogP contribution is 2.28. The fourth-order valence-corrected chi connectivity index (χ4v) is 2.78. The van der Waals surface area contributed by atoms with Crippen LogP contribution in [0, 0.1) is 6.92 Å². The number of aryl methyl sites for hydroxylation is 1. The molecule has 0 fully saturated rings. The lowest BCUT2D eigenvalue weighted by molar-refractivity contribution is 0.0951. The molecule has 2 aromatic rings. The summed E-state index contributed by atoms with van der Waals surface area (Å²) in [5, 5.41) is 4.94. The van der Waals surface area contributed by atoms with E-state index in [2.05, 4.69) is 5.32 Å². The van der Waals surface area contributed by atoms with E-state index in [4.69, 9.17) is 9.47 Å². The van der Waals surface area contributed by atoms with Crippen LogP contribution in [0.4, 0.5) is 0 Å². The van der Waals surface area contributed by atoms with Gasteiger partial charge in [-0.3, -0.25) is 4.79 Å². The second-order valence-electron chi connectivity index (χ2n) is 4.51. The molecule has 2 rings (SSSR count). The summed E-state index contributed by atoms with van der Waals surface area (Å²) in [6, 6.07) is 7.24. The molecule has 21 heavy (non-hydrogen) atoms. The van der Waals surface area contributed by atoms with Gasteiger partial charge in [0.1, 0.15) is 0 Å². The quantitative estimate of drug-likeness (QED) is 0.890. The van der Waals surface area contributed by atoms with E-state index in [0.717, 1.165) is 0 Å². The van der Waals surface area contributed by atoms with Crippen molar-refractivity contribution in [3.8, 4) is 11.5 Å². The number of rotatable bonds is 6. The van der Waals surface area contributed by atoms with Crippen LogP contribution >= 0.6 is 11.3 Å². The van der Waals surface area contributed by atoms with Gasteiger partial charge in [0.15, 0.2) is 11.5 Å². The lowest BCUT2D eigenvalue weighted by Gasteiger charge is -2.11. The van der Waals surface area contributed by atoms with Crippen LogP contribution in [0.2, 0.25) is 0 Å². The number of hydrogen-bond acceptors (Lipinski definition) is 4. The van der Waals surface area contributed by atoms with Crippen molar-refractivity contribution < 1.29 is 14.3 Å². The molecule has 1 N–H and O–H groups in total. The molecule has 0 saturated carbocycles. The summed E-state index contributed by atoms with van der Waals surface area (Å²) < 4.78 is 10.7. The molecule has 0 spiro atoms. The SMILES string of the molecule is CCOc1ccc(C(=O)NCc2sccc2C)cc1OC. The summed E-state index contributed by atoms with van der Waals surface area (Å²) in [7, 11) is 1.56. The van der Waals surface area contributed by atoms with E-state index in [9.17, 15) is 4.79 Å². The normalized spacial score (nSPS) is 10.2. The Hall–Kier alpha value is -2.01. The van der Waals surface area contributed by atoms with E-state index in [1.165, 1.54) is 10.4 Å². The number of amides is 1. The highest BCUT2D eigenvalue weighted by atomic mass is 32.1. The van der Waals surface area contributed by atoms with E-state index < -0.39 is 0 Å². The Morgan fingerprint density at radius 1 is 1.29 bits per heavy atom. The Balaban J connectivity index is 2.07. The standard InChI is InChI=1S/C16H19NO3S/c1-4-20-13-6-5-12(9-14(13)19-3)16(18)17-10-15-11(2)7-8-21-15/h5-9H,4,10H2,1-3H3,(H,17,18). The summed E-state index contributed by atoms with van der Waals surface area (Å²) in [6.45, 7) is 5.04. The zero-order valence-corrected chi connectivity index (χ0v) is 13.3. The van der Waals surface area contributed by atoms with Gasteiger partial charge in [-0.15, -0.1) is 11.3 Å². The molecule has 0 saturated heterocycles. The molecule has 0 aliphatic rings. The summed E-state index contributed by atoms with van der Waals surface area (Å²) >= 11 is 1.64. The van der Waals surface area contributed by atoms with E-state index in [0.29, 0.717) is 30.2 Å². The second-order valence-corrected chi connectivity index (χ2v) is 5.51. The molecule has 5 heteroatoms. The van der Waals surface area contributed by atoms with Gasteiger partial charge in [0, 0.05) is 10.4 Å². The van der Waals surface area contributed by atoms with Crippen molar-refractivity contribution in [3.63, 3.8) is 0 Å². The van der Waals surface area contributed by atoms with Gasteiger partial charge in [-0.2, -0.15) is 0 Å². The Morgan fingerprint density at radius 3 is 2.71 bits per heavy atom. The van der Waals surface area contributed by atoms with Crippen LogP contribution < -0.4 is 14.8 Å². The predicted molar refractivity (Wildman–Crippen MR) is 84.4 cm³/mol. The highest BCUT2D eigenvalue weighted by molar-refractivity contribution is 7.10. The summed E-state index contributed by atoms with van der Waals surface area (Å²) in [6.07, 6.45) is 0. The first kappa shape index (κ1) is 15.4. The minimum Gasteiger partial charge on any atom is -0.493 e. The largest absolute Gasteiger partial charge is 0.493 e. The van der Waals surface area contributed by atoms with E-state index >= 15 is 0 Å². The van der Waals surface area contributed by atoms with E-state index in [1.807, 2.05) is 25.3 Å². The molecule has 4 nitrogen and oxygen atoms in total. The minimum atomic E-state index is -0.121. The molecule has 0 radical (unpaired) electrons. The molecule has 1 aromatic heterocycles. The summed E-state index contributed by atoms with van der Waals surface area (Å²) in [5.74, 6) is 1.09. The first-order valence-corrected chi connectivity index (χ1v) is 7.65. The van der Waals surface area contributed by atoms with Crippen molar-refractivity contribution in [2.75, 3.05) is 13.7 Å². The third-order valence-corrected chi connectivity index (χ3v) is 4.13. The maximum absolute atomic E-state index is 12.2. The molecule has 0 aliphatic carbocycles. The molecule has 0 bridgehead atoms. The Kier molecular flexibility index (Phi) is 5.22. The third-order valence-electron chi connectivity index (χ3n) is 3.10. The Morgan fingerprint density at radius 2 is 2.10 bits per heavy atom. The molecular weight excluding hydrogens is 286 g/mol. The fourth-order valence-electron chi connectivity index (χ4n) is 1.93. The van der Waals surface area contributed by atoms with Crippen molar-refractivity contribution in [2.45, 2.75) is 20.4 Å². The van der Waals surface area contributed by atoms with Crippen molar-refractivity contribution >= 4 is 17.2 Å². The van der Waals surface area contributed by atoms with Gasteiger partial charge in [0.25, 0.3) is 5.91 Å². The van der Waals surface area contributed by atoms with Gasteiger partial charge >= 0.3 is 0 Å². The third kappa shape index (κ3) is 3.76. The average molecular weight is 305 g/mol. The average Bonchev–Trinajstić information content (AvgIpc) is 2.90. The molecular formula is C16H19NO3S. The number of carbonyl (C=O) groups is 1. The van der Waals surface area contributed by atoms with Gasteiger partial charge in [-0.05, 0) is 49.1 Å². The van der Waals surface area contributed by atoms with Crippen LogP contribution in [-0.4, -0.2) is 19.6 Å². The minimum absolute atomic E-state index is 0.121. The fraction of sp³-hybridized carbons (Fsp3) is 0.312. The maximum atomic E-state index is 12.2. The van der Waals surface area contributed by atoms with Crippen LogP contribution in [0.15, 0.2) is 29.6 Å². The molecule has 1 aromatic carbocycles. The van der Waals surface area contributed by atoms with Crippen LogP contribution in [0.5, 0.6) is 11.5 Å². The van der Waals surface area contributed by atoms with Gasteiger partial charge in [-0.25, -0.2) is 0 Å². The van der Waals surface area contributed by atoms with Gasteiger partial charge < -0.3 is 14.8 Å².